The van der Waals surface area contributed by atoms with E-state index in [0.717, 1.165) is 10.6 Å². The zero-order chi connectivity index (χ0) is 10.4. The van der Waals surface area contributed by atoms with Crippen molar-refractivity contribution in [1.82, 2.24) is 5.43 Å². The molecule has 80 valence electrons. The van der Waals surface area contributed by atoms with Gasteiger partial charge in [-0.1, -0.05) is 0 Å². The topological polar surface area (TPSA) is 56.5 Å². The molecule has 0 aliphatic carbocycles. The maximum atomic E-state index is 5.45. The molecule has 3 N–H and O–H groups in total. The van der Waals surface area contributed by atoms with E-state index in [4.69, 9.17) is 15.3 Å². The number of thiophene rings is 1. The summed E-state index contributed by atoms with van der Waals surface area (Å²) in [6.07, 6.45) is 0. The van der Waals surface area contributed by atoms with Crippen molar-refractivity contribution in [2.24, 2.45) is 5.84 Å². The fraction of sp³-hybridized carbons (Fsp3) is 0.556. The SMILES string of the molecule is CCOCC(NN)c1sccc1OC. The van der Waals surface area contributed by atoms with Gasteiger partial charge in [-0.05, 0) is 18.4 Å². The van der Waals surface area contributed by atoms with E-state index in [9.17, 15) is 0 Å². The van der Waals surface area contributed by atoms with Crippen LogP contribution in [0.1, 0.15) is 17.8 Å². The minimum Gasteiger partial charge on any atom is -0.496 e. The van der Waals surface area contributed by atoms with Gasteiger partial charge in [-0.25, -0.2) is 5.43 Å². The number of rotatable bonds is 6. The van der Waals surface area contributed by atoms with E-state index in [-0.39, 0.29) is 6.04 Å². The molecule has 1 atom stereocenters. The van der Waals surface area contributed by atoms with Crippen LogP contribution >= 0.6 is 11.3 Å². The van der Waals surface area contributed by atoms with Gasteiger partial charge in [-0.3, -0.25) is 5.84 Å². The highest BCUT2D eigenvalue weighted by atomic mass is 32.1. The van der Waals surface area contributed by atoms with Gasteiger partial charge in [-0.2, -0.15) is 0 Å². The summed E-state index contributed by atoms with van der Waals surface area (Å²) in [5.41, 5.74) is 2.72. The van der Waals surface area contributed by atoms with Gasteiger partial charge >= 0.3 is 0 Å². The first-order valence-electron chi connectivity index (χ1n) is 4.48. The first-order valence-corrected chi connectivity index (χ1v) is 5.36. The highest BCUT2D eigenvalue weighted by Gasteiger charge is 2.15. The van der Waals surface area contributed by atoms with Crippen LogP contribution in [0.3, 0.4) is 0 Å². The lowest BCUT2D eigenvalue weighted by atomic mass is 10.2. The van der Waals surface area contributed by atoms with Crippen LogP contribution in [0, 0.1) is 0 Å². The summed E-state index contributed by atoms with van der Waals surface area (Å²) in [5, 5.41) is 1.98. The van der Waals surface area contributed by atoms with E-state index < -0.39 is 0 Å². The molecular weight excluding hydrogens is 200 g/mol. The first kappa shape index (κ1) is 11.5. The Bertz CT molecular complexity index is 265. The molecule has 0 amide bonds. The molecular formula is C9H16N2O2S. The molecule has 14 heavy (non-hydrogen) atoms. The molecule has 0 bridgehead atoms. The second-order valence-corrected chi connectivity index (χ2v) is 3.68. The third-order valence-electron chi connectivity index (χ3n) is 1.88. The van der Waals surface area contributed by atoms with Crippen molar-refractivity contribution in [3.63, 3.8) is 0 Å². The molecule has 0 spiro atoms. The largest absolute Gasteiger partial charge is 0.496 e. The molecule has 5 heteroatoms. The first-order chi connectivity index (χ1) is 6.83. The van der Waals surface area contributed by atoms with Crippen LogP contribution in [-0.4, -0.2) is 20.3 Å². The zero-order valence-electron chi connectivity index (χ0n) is 8.45. The third kappa shape index (κ3) is 2.68. The van der Waals surface area contributed by atoms with Crippen molar-refractivity contribution in [1.29, 1.82) is 0 Å². The zero-order valence-corrected chi connectivity index (χ0v) is 9.26. The van der Waals surface area contributed by atoms with Gasteiger partial charge in [0, 0.05) is 6.61 Å². The number of hydrogen-bond acceptors (Lipinski definition) is 5. The van der Waals surface area contributed by atoms with E-state index >= 15 is 0 Å². The molecule has 4 nitrogen and oxygen atoms in total. The van der Waals surface area contributed by atoms with E-state index in [1.165, 1.54) is 0 Å². The number of methoxy groups -OCH3 is 1. The van der Waals surface area contributed by atoms with Gasteiger partial charge in [-0.15, -0.1) is 11.3 Å². The average molecular weight is 216 g/mol. The maximum absolute atomic E-state index is 5.45. The highest BCUT2D eigenvalue weighted by molar-refractivity contribution is 7.10. The number of nitrogens with two attached hydrogens (primary N) is 1. The number of nitrogens with one attached hydrogen (secondary N) is 1. The Balaban J connectivity index is 2.67. The quantitative estimate of drug-likeness (QED) is 0.556. The third-order valence-corrected chi connectivity index (χ3v) is 2.90. The van der Waals surface area contributed by atoms with Gasteiger partial charge in [0.25, 0.3) is 0 Å². The van der Waals surface area contributed by atoms with Crippen LogP contribution in [0.2, 0.25) is 0 Å². The summed E-state index contributed by atoms with van der Waals surface area (Å²) >= 11 is 1.61. The summed E-state index contributed by atoms with van der Waals surface area (Å²) in [7, 11) is 1.65. The predicted octanol–water partition coefficient (Wildman–Crippen LogP) is 1.30. The summed E-state index contributed by atoms with van der Waals surface area (Å²) < 4.78 is 10.5. The van der Waals surface area contributed by atoms with E-state index in [1.54, 1.807) is 18.4 Å². The van der Waals surface area contributed by atoms with Gasteiger partial charge in [0.2, 0.25) is 0 Å². The fourth-order valence-corrected chi connectivity index (χ4v) is 2.07. The molecule has 1 aromatic rings. The monoisotopic (exact) mass is 216 g/mol. The minimum absolute atomic E-state index is 0.00454. The second kappa shape index (κ2) is 5.98. The Morgan fingerprint density at radius 3 is 3.00 bits per heavy atom. The standard InChI is InChI=1S/C9H16N2O2S/c1-3-13-6-7(11-10)9-8(12-2)4-5-14-9/h4-5,7,11H,3,6,10H2,1-2H3. The van der Waals surface area contributed by atoms with Crippen LogP contribution < -0.4 is 16.0 Å². The predicted molar refractivity (Wildman–Crippen MR) is 57.4 cm³/mol. The highest BCUT2D eigenvalue weighted by Crippen LogP contribution is 2.30. The summed E-state index contributed by atoms with van der Waals surface area (Å²) in [6, 6.07) is 1.93. The Morgan fingerprint density at radius 1 is 1.64 bits per heavy atom. The van der Waals surface area contributed by atoms with Gasteiger partial charge in [0.15, 0.2) is 0 Å². The second-order valence-electron chi connectivity index (χ2n) is 2.73. The van der Waals surface area contributed by atoms with Crippen molar-refractivity contribution >= 4 is 11.3 Å². The summed E-state index contributed by atoms with van der Waals surface area (Å²) in [4.78, 5) is 1.07. The normalized spacial score (nSPS) is 12.8. The van der Waals surface area contributed by atoms with Gasteiger partial charge < -0.3 is 9.47 Å². The number of ether oxygens (including phenoxy) is 2. The molecule has 0 saturated carbocycles. The van der Waals surface area contributed by atoms with E-state index in [2.05, 4.69) is 5.43 Å². The molecule has 0 aliphatic heterocycles. The van der Waals surface area contributed by atoms with Crippen molar-refractivity contribution in [3.8, 4) is 5.75 Å². The Morgan fingerprint density at radius 2 is 2.43 bits per heavy atom. The van der Waals surface area contributed by atoms with Crippen LogP contribution in [0.4, 0.5) is 0 Å². The number of hydrazine groups is 1. The van der Waals surface area contributed by atoms with Gasteiger partial charge in [0.05, 0.1) is 24.6 Å². The molecule has 1 heterocycles. The minimum atomic E-state index is 0.00454. The average Bonchev–Trinajstić information content (AvgIpc) is 2.67. The van der Waals surface area contributed by atoms with E-state index in [0.29, 0.717) is 13.2 Å². The van der Waals surface area contributed by atoms with Crippen LogP contribution in [0.25, 0.3) is 0 Å². The number of hydrogen-bond donors (Lipinski definition) is 2. The van der Waals surface area contributed by atoms with Crippen molar-refractivity contribution < 1.29 is 9.47 Å². The smallest absolute Gasteiger partial charge is 0.134 e. The van der Waals surface area contributed by atoms with Crippen molar-refractivity contribution in [3.05, 3.63) is 16.3 Å². The Labute approximate surface area is 88.0 Å². The van der Waals surface area contributed by atoms with Crippen LogP contribution in [0.5, 0.6) is 5.75 Å². The molecule has 1 unspecified atom stereocenters. The van der Waals surface area contributed by atoms with Crippen LogP contribution in [-0.2, 0) is 4.74 Å². The summed E-state index contributed by atoms with van der Waals surface area (Å²) in [6.45, 7) is 3.20. The Hall–Kier alpha value is -0.620. The van der Waals surface area contributed by atoms with Gasteiger partial charge in [0.1, 0.15) is 5.75 Å². The van der Waals surface area contributed by atoms with Crippen LogP contribution in [0.15, 0.2) is 11.4 Å². The molecule has 0 aromatic carbocycles. The molecule has 1 rings (SSSR count). The molecule has 0 radical (unpaired) electrons. The molecule has 0 aliphatic rings. The lowest BCUT2D eigenvalue weighted by Gasteiger charge is -2.15. The molecule has 0 fully saturated rings. The van der Waals surface area contributed by atoms with E-state index in [1.807, 2.05) is 18.4 Å². The molecule has 0 saturated heterocycles. The lowest BCUT2D eigenvalue weighted by Crippen LogP contribution is -2.31. The molecule has 1 aromatic heterocycles. The fourth-order valence-electron chi connectivity index (χ4n) is 1.17. The van der Waals surface area contributed by atoms with Crippen molar-refractivity contribution in [2.45, 2.75) is 13.0 Å². The maximum Gasteiger partial charge on any atom is 0.134 e. The Kier molecular flexibility index (Phi) is 4.89. The lowest BCUT2D eigenvalue weighted by molar-refractivity contribution is 0.123. The summed E-state index contributed by atoms with van der Waals surface area (Å²) in [5.74, 6) is 6.31. The van der Waals surface area contributed by atoms with Crippen molar-refractivity contribution in [2.75, 3.05) is 20.3 Å².